The van der Waals surface area contributed by atoms with E-state index in [9.17, 15) is 19.2 Å². The standard InChI is InChI=1S/C23H35N3O4/c1-14(2)13-19(26-22(29)17-7-5-6-8-18(17)23(26)30)20(27)24-16-9-11-25(12-10-16)21(28)15(3)4/h5-6,14-19H,7-13H2,1-4H3,(H,24,27)/t17-,18-,19-/m1/s1. The van der Waals surface area contributed by atoms with E-state index < -0.39 is 6.04 Å². The zero-order valence-corrected chi connectivity index (χ0v) is 18.6. The average molecular weight is 418 g/mol. The van der Waals surface area contributed by atoms with Gasteiger partial charge in [-0.1, -0.05) is 39.8 Å². The molecule has 7 nitrogen and oxygen atoms in total. The average Bonchev–Trinajstić information content (AvgIpc) is 2.96. The molecule has 0 aromatic rings. The van der Waals surface area contributed by atoms with Crippen molar-refractivity contribution < 1.29 is 19.2 Å². The number of likely N-dealkylation sites (tertiary alicyclic amines) is 2. The van der Waals surface area contributed by atoms with Gasteiger partial charge in [0.15, 0.2) is 0 Å². The van der Waals surface area contributed by atoms with Crippen LogP contribution in [0.1, 0.15) is 59.8 Å². The molecule has 0 bridgehead atoms. The first-order valence-electron chi connectivity index (χ1n) is 11.3. The van der Waals surface area contributed by atoms with Gasteiger partial charge in [-0.3, -0.25) is 24.1 Å². The fourth-order valence-electron chi connectivity index (χ4n) is 4.82. The molecule has 30 heavy (non-hydrogen) atoms. The molecule has 0 spiro atoms. The van der Waals surface area contributed by atoms with Crippen LogP contribution >= 0.6 is 0 Å². The van der Waals surface area contributed by atoms with Crippen LogP contribution in [0.4, 0.5) is 0 Å². The Labute approximate surface area is 179 Å². The minimum atomic E-state index is -0.758. The molecule has 2 saturated heterocycles. The SMILES string of the molecule is CC(C)C[C@H](C(=O)NC1CCN(C(=O)C(C)C)CC1)N1C(=O)[C@@H]2CC=CC[C@H]2C1=O. The highest BCUT2D eigenvalue weighted by Crippen LogP contribution is 2.37. The Bertz CT molecular complexity index is 696. The van der Waals surface area contributed by atoms with Gasteiger partial charge in [0, 0.05) is 25.0 Å². The largest absolute Gasteiger partial charge is 0.351 e. The lowest BCUT2D eigenvalue weighted by Gasteiger charge is -2.35. The Balaban J connectivity index is 1.66. The first-order valence-corrected chi connectivity index (χ1v) is 11.3. The first-order chi connectivity index (χ1) is 14.2. The van der Waals surface area contributed by atoms with Crippen molar-refractivity contribution in [2.24, 2.45) is 23.7 Å². The molecule has 0 unspecified atom stereocenters. The summed E-state index contributed by atoms with van der Waals surface area (Å²) in [6, 6.07) is -0.800. The Kier molecular flexibility index (Phi) is 6.98. The molecule has 3 aliphatic rings. The summed E-state index contributed by atoms with van der Waals surface area (Å²) in [5, 5.41) is 3.07. The fourth-order valence-corrected chi connectivity index (χ4v) is 4.82. The summed E-state index contributed by atoms with van der Waals surface area (Å²) < 4.78 is 0. The number of imide groups is 1. The molecular formula is C23H35N3O4. The highest BCUT2D eigenvalue weighted by atomic mass is 16.2. The zero-order valence-electron chi connectivity index (χ0n) is 18.6. The smallest absolute Gasteiger partial charge is 0.243 e. The fraction of sp³-hybridized carbons (Fsp3) is 0.739. The third kappa shape index (κ3) is 4.60. The maximum Gasteiger partial charge on any atom is 0.243 e. The molecule has 2 heterocycles. The lowest BCUT2D eigenvalue weighted by Crippen LogP contribution is -2.54. The van der Waals surface area contributed by atoms with Gasteiger partial charge in [-0.25, -0.2) is 0 Å². The van der Waals surface area contributed by atoms with Crippen molar-refractivity contribution in [3.8, 4) is 0 Å². The van der Waals surface area contributed by atoms with Gasteiger partial charge in [0.2, 0.25) is 23.6 Å². The van der Waals surface area contributed by atoms with E-state index in [1.54, 1.807) is 0 Å². The van der Waals surface area contributed by atoms with Crippen LogP contribution in [0.5, 0.6) is 0 Å². The summed E-state index contributed by atoms with van der Waals surface area (Å²) in [5.41, 5.74) is 0. The van der Waals surface area contributed by atoms with E-state index >= 15 is 0 Å². The van der Waals surface area contributed by atoms with E-state index in [2.05, 4.69) is 5.32 Å². The molecule has 4 amide bonds. The molecule has 2 aliphatic heterocycles. The van der Waals surface area contributed by atoms with Crippen LogP contribution in [-0.2, 0) is 19.2 Å². The number of nitrogens with zero attached hydrogens (tertiary/aromatic N) is 2. The number of amides is 4. The Morgan fingerprint density at radius 2 is 1.53 bits per heavy atom. The van der Waals surface area contributed by atoms with Crippen LogP contribution in [0.25, 0.3) is 0 Å². The lowest BCUT2D eigenvalue weighted by molar-refractivity contribution is -0.149. The molecule has 1 N–H and O–H groups in total. The summed E-state index contributed by atoms with van der Waals surface area (Å²) in [6.07, 6.45) is 6.90. The van der Waals surface area contributed by atoms with E-state index in [4.69, 9.17) is 0 Å². The summed E-state index contributed by atoms with van der Waals surface area (Å²) in [5.74, 6) is -1.01. The molecule has 166 valence electrons. The number of hydrogen-bond acceptors (Lipinski definition) is 4. The number of allylic oxidation sites excluding steroid dienone is 2. The molecule has 3 atom stereocenters. The summed E-state index contributed by atoms with van der Waals surface area (Å²) in [7, 11) is 0. The van der Waals surface area contributed by atoms with Crippen LogP contribution in [0, 0.1) is 23.7 Å². The summed E-state index contributed by atoms with van der Waals surface area (Å²) >= 11 is 0. The number of carbonyl (C=O) groups excluding carboxylic acids is 4. The Morgan fingerprint density at radius 3 is 2.00 bits per heavy atom. The van der Waals surface area contributed by atoms with Gasteiger partial charge in [0.25, 0.3) is 0 Å². The Hall–Kier alpha value is -2.18. The van der Waals surface area contributed by atoms with Crippen molar-refractivity contribution in [3.05, 3.63) is 12.2 Å². The topological polar surface area (TPSA) is 86.8 Å². The number of rotatable bonds is 6. The van der Waals surface area contributed by atoms with Gasteiger partial charge in [0.1, 0.15) is 6.04 Å². The molecule has 7 heteroatoms. The molecule has 1 aliphatic carbocycles. The van der Waals surface area contributed by atoms with Crippen molar-refractivity contribution in [2.45, 2.75) is 71.9 Å². The third-order valence-electron chi connectivity index (χ3n) is 6.50. The van der Waals surface area contributed by atoms with Crippen molar-refractivity contribution in [1.29, 1.82) is 0 Å². The van der Waals surface area contributed by atoms with Gasteiger partial charge in [-0.15, -0.1) is 0 Å². The normalized spacial score (nSPS) is 25.8. The third-order valence-corrected chi connectivity index (χ3v) is 6.50. The van der Waals surface area contributed by atoms with Gasteiger partial charge in [-0.05, 0) is 38.0 Å². The van der Waals surface area contributed by atoms with Gasteiger partial charge in [-0.2, -0.15) is 0 Å². The number of carbonyl (C=O) groups is 4. The predicted molar refractivity (Wildman–Crippen MR) is 113 cm³/mol. The first kappa shape index (κ1) is 22.5. The summed E-state index contributed by atoms with van der Waals surface area (Å²) in [4.78, 5) is 54.5. The van der Waals surface area contributed by atoms with E-state index in [0.29, 0.717) is 45.2 Å². The summed E-state index contributed by atoms with van der Waals surface area (Å²) in [6.45, 7) is 9.02. The highest BCUT2D eigenvalue weighted by Gasteiger charge is 2.51. The number of fused-ring (bicyclic) bond motifs is 1. The minimum absolute atomic E-state index is 0.0308. The van der Waals surface area contributed by atoms with Gasteiger partial charge >= 0.3 is 0 Å². The van der Waals surface area contributed by atoms with Crippen LogP contribution in [0.15, 0.2) is 12.2 Å². The lowest BCUT2D eigenvalue weighted by atomic mass is 9.85. The van der Waals surface area contributed by atoms with E-state index in [1.807, 2.05) is 44.7 Å². The van der Waals surface area contributed by atoms with Crippen molar-refractivity contribution in [1.82, 2.24) is 15.1 Å². The van der Waals surface area contributed by atoms with Crippen LogP contribution in [0.3, 0.4) is 0 Å². The van der Waals surface area contributed by atoms with Crippen molar-refractivity contribution >= 4 is 23.6 Å². The maximum atomic E-state index is 13.2. The highest BCUT2D eigenvalue weighted by molar-refractivity contribution is 6.08. The van der Waals surface area contributed by atoms with Gasteiger partial charge in [0.05, 0.1) is 11.8 Å². The predicted octanol–water partition coefficient (Wildman–Crippen LogP) is 2.12. The van der Waals surface area contributed by atoms with Crippen molar-refractivity contribution in [3.63, 3.8) is 0 Å². The molecular weight excluding hydrogens is 382 g/mol. The molecule has 0 aromatic carbocycles. The maximum absolute atomic E-state index is 13.2. The van der Waals surface area contributed by atoms with E-state index in [1.165, 1.54) is 4.90 Å². The number of piperidine rings is 1. The van der Waals surface area contributed by atoms with E-state index in [0.717, 1.165) is 0 Å². The van der Waals surface area contributed by atoms with Crippen molar-refractivity contribution in [2.75, 3.05) is 13.1 Å². The van der Waals surface area contributed by atoms with Crippen LogP contribution < -0.4 is 5.32 Å². The minimum Gasteiger partial charge on any atom is -0.351 e. The number of hydrogen-bond donors (Lipinski definition) is 1. The zero-order chi connectivity index (χ0) is 22.0. The second-order valence-corrected chi connectivity index (χ2v) is 9.61. The quantitative estimate of drug-likeness (QED) is 0.530. The van der Waals surface area contributed by atoms with E-state index in [-0.39, 0.29) is 53.3 Å². The second kappa shape index (κ2) is 9.31. The molecule has 3 rings (SSSR count). The Morgan fingerprint density at radius 1 is 1.00 bits per heavy atom. The van der Waals surface area contributed by atoms with Crippen LogP contribution in [0.2, 0.25) is 0 Å². The van der Waals surface area contributed by atoms with Gasteiger partial charge < -0.3 is 10.2 Å². The molecule has 0 radical (unpaired) electrons. The monoisotopic (exact) mass is 417 g/mol. The number of nitrogens with one attached hydrogen (secondary N) is 1. The molecule has 0 aromatic heterocycles. The second-order valence-electron chi connectivity index (χ2n) is 9.61. The molecule has 2 fully saturated rings. The molecule has 0 saturated carbocycles. The van der Waals surface area contributed by atoms with Crippen LogP contribution in [-0.4, -0.2) is 58.6 Å².